The van der Waals surface area contributed by atoms with Gasteiger partial charge in [0, 0.05) is 0 Å². The maximum Gasteiger partial charge on any atom is 0.346 e. The summed E-state index contributed by atoms with van der Waals surface area (Å²) >= 11 is 0. The molecule has 0 heterocycles. The third-order valence-corrected chi connectivity index (χ3v) is 1.61. The first-order valence-corrected chi connectivity index (χ1v) is 3.98. The number of likely N-dealkylation sites (N-methyl/N-ethyl adjacent to an activating group) is 1. The van der Waals surface area contributed by atoms with Gasteiger partial charge >= 0.3 is 11.9 Å². The van der Waals surface area contributed by atoms with Crippen LogP contribution in [-0.4, -0.2) is 38.2 Å². The van der Waals surface area contributed by atoms with Crippen molar-refractivity contribution in [3.8, 4) is 0 Å². The van der Waals surface area contributed by atoms with E-state index in [0.717, 1.165) is 0 Å². The lowest BCUT2D eigenvalue weighted by Crippen LogP contribution is -2.36. The number of ether oxygens (including phenoxy) is 2. The van der Waals surface area contributed by atoms with Crippen LogP contribution in [0.3, 0.4) is 0 Å². The third kappa shape index (κ3) is 3.89. The first kappa shape index (κ1) is 11.9. The van der Waals surface area contributed by atoms with Crippen LogP contribution in [0.25, 0.3) is 0 Å². The van der Waals surface area contributed by atoms with Gasteiger partial charge in [0.05, 0.1) is 7.11 Å². The van der Waals surface area contributed by atoms with Crippen molar-refractivity contribution in [3.05, 3.63) is 0 Å². The molecule has 0 fully saturated rings. The summed E-state index contributed by atoms with van der Waals surface area (Å²) in [4.78, 5) is 22.0. The zero-order valence-electron chi connectivity index (χ0n) is 8.29. The second kappa shape index (κ2) is 5.53. The average Bonchev–Trinajstić information content (AvgIpc) is 2.14. The number of methoxy groups -OCH3 is 1. The lowest BCUT2D eigenvalue weighted by atomic mass is 10.3. The summed E-state index contributed by atoms with van der Waals surface area (Å²) < 4.78 is 9.17. The SMILES string of the molecule is CNC(C)C(=O)OC(C)C(=O)OC. The van der Waals surface area contributed by atoms with Crippen LogP contribution in [-0.2, 0) is 19.1 Å². The Morgan fingerprint density at radius 1 is 1.23 bits per heavy atom. The number of rotatable bonds is 4. The first-order valence-electron chi connectivity index (χ1n) is 3.98. The quantitative estimate of drug-likeness (QED) is 0.615. The number of carbonyl (C=O) groups is 2. The topological polar surface area (TPSA) is 64.6 Å². The van der Waals surface area contributed by atoms with Gasteiger partial charge in [-0.2, -0.15) is 0 Å². The summed E-state index contributed by atoms with van der Waals surface area (Å²) in [5.74, 6) is -1.03. The third-order valence-electron chi connectivity index (χ3n) is 1.61. The minimum atomic E-state index is -0.853. The zero-order chi connectivity index (χ0) is 10.4. The van der Waals surface area contributed by atoms with E-state index in [-0.39, 0.29) is 0 Å². The average molecular weight is 189 g/mol. The number of esters is 2. The van der Waals surface area contributed by atoms with Crippen LogP contribution in [0, 0.1) is 0 Å². The number of hydrogen-bond acceptors (Lipinski definition) is 5. The Kier molecular flexibility index (Phi) is 5.06. The number of hydrogen-bond donors (Lipinski definition) is 1. The summed E-state index contributed by atoms with van der Waals surface area (Å²) in [5, 5.41) is 2.70. The van der Waals surface area contributed by atoms with Crippen molar-refractivity contribution in [3.63, 3.8) is 0 Å². The van der Waals surface area contributed by atoms with Crippen molar-refractivity contribution < 1.29 is 19.1 Å². The van der Waals surface area contributed by atoms with Crippen molar-refractivity contribution in [1.82, 2.24) is 5.32 Å². The normalized spacial score (nSPS) is 14.5. The van der Waals surface area contributed by atoms with Gasteiger partial charge in [0.25, 0.3) is 0 Å². The minimum Gasteiger partial charge on any atom is -0.466 e. The van der Waals surface area contributed by atoms with Crippen molar-refractivity contribution in [2.75, 3.05) is 14.2 Å². The van der Waals surface area contributed by atoms with E-state index in [1.54, 1.807) is 14.0 Å². The van der Waals surface area contributed by atoms with Crippen molar-refractivity contribution in [2.24, 2.45) is 0 Å². The fourth-order valence-corrected chi connectivity index (χ4v) is 0.608. The van der Waals surface area contributed by atoms with Crippen LogP contribution in [0.15, 0.2) is 0 Å². The molecule has 0 bridgehead atoms. The van der Waals surface area contributed by atoms with E-state index in [2.05, 4.69) is 10.1 Å². The molecule has 0 saturated heterocycles. The highest BCUT2D eigenvalue weighted by molar-refractivity contribution is 5.81. The summed E-state index contributed by atoms with van der Waals surface area (Å²) in [7, 11) is 2.88. The molecule has 0 aliphatic heterocycles. The van der Waals surface area contributed by atoms with Gasteiger partial charge < -0.3 is 14.8 Å². The predicted molar refractivity (Wildman–Crippen MR) is 46.1 cm³/mol. The van der Waals surface area contributed by atoms with Gasteiger partial charge in [-0.15, -0.1) is 0 Å². The summed E-state index contributed by atoms with van der Waals surface area (Å²) in [6, 6.07) is -0.424. The van der Waals surface area contributed by atoms with Gasteiger partial charge in [-0.1, -0.05) is 0 Å². The van der Waals surface area contributed by atoms with Crippen LogP contribution >= 0.6 is 0 Å². The smallest absolute Gasteiger partial charge is 0.346 e. The standard InChI is InChI=1S/C8H15NO4/c1-5(9-3)7(10)13-6(2)8(11)12-4/h5-6,9H,1-4H3. The molecule has 5 nitrogen and oxygen atoms in total. The maximum atomic E-state index is 11.1. The zero-order valence-corrected chi connectivity index (χ0v) is 8.29. The molecule has 1 N–H and O–H groups in total. The summed E-state index contributed by atoms with van der Waals surface area (Å²) in [6.45, 7) is 3.11. The van der Waals surface area contributed by atoms with Crippen molar-refractivity contribution in [2.45, 2.75) is 26.0 Å². The molecule has 2 unspecified atom stereocenters. The molecule has 0 aromatic carbocycles. The molecule has 0 aromatic heterocycles. The second-order valence-corrected chi connectivity index (χ2v) is 2.61. The lowest BCUT2D eigenvalue weighted by molar-refractivity contribution is -0.165. The van der Waals surface area contributed by atoms with Crippen molar-refractivity contribution in [1.29, 1.82) is 0 Å². The molecule has 13 heavy (non-hydrogen) atoms. The highest BCUT2D eigenvalue weighted by atomic mass is 16.6. The van der Waals surface area contributed by atoms with E-state index in [1.165, 1.54) is 14.0 Å². The Morgan fingerprint density at radius 3 is 2.15 bits per heavy atom. The van der Waals surface area contributed by atoms with E-state index < -0.39 is 24.1 Å². The Morgan fingerprint density at radius 2 is 1.77 bits per heavy atom. The minimum absolute atomic E-state index is 0.424. The van der Waals surface area contributed by atoms with E-state index in [4.69, 9.17) is 4.74 Å². The van der Waals surface area contributed by atoms with Crippen LogP contribution in [0.5, 0.6) is 0 Å². The molecule has 0 aliphatic rings. The predicted octanol–water partition coefficient (Wildman–Crippen LogP) is -0.301. The Labute approximate surface area is 77.4 Å². The van der Waals surface area contributed by atoms with E-state index in [9.17, 15) is 9.59 Å². The van der Waals surface area contributed by atoms with Gasteiger partial charge in [-0.05, 0) is 20.9 Å². The molecule has 0 rings (SSSR count). The second-order valence-electron chi connectivity index (χ2n) is 2.61. The first-order chi connectivity index (χ1) is 6.02. The van der Waals surface area contributed by atoms with Gasteiger partial charge in [-0.3, -0.25) is 4.79 Å². The van der Waals surface area contributed by atoms with Gasteiger partial charge in [0.2, 0.25) is 0 Å². The molecular formula is C8H15NO4. The highest BCUT2D eigenvalue weighted by Gasteiger charge is 2.20. The van der Waals surface area contributed by atoms with Gasteiger partial charge in [-0.25, -0.2) is 4.79 Å². The largest absolute Gasteiger partial charge is 0.466 e. The lowest BCUT2D eigenvalue weighted by Gasteiger charge is -2.14. The van der Waals surface area contributed by atoms with E-state index >= 15 is 0 Å². The molecule has 0 aromatic rings. The Balaban J connectivity index is 3.98. The van der Waals surface area contributed by atoms with Gasteiger partial charge in [0.15, 0.2) is 6.10 Å². The Hall–Kier alpha value is -1.10. The molecule has 0 spiro atoms. The molecular weight excluding hydrogens is 174 g/mol. The Bertz CT molecular complexity index is 193. The summed E-state index contributed by atoms with van der Waals surface area (Å²) in [5.41, 5.74) is 0. The maximum absolute atomic E-state index is 11.1. The molecule has 2 atom stereocenters. The van der Waals surface area contributed by atoms with E-state index in [1.807, 2.05) is 0 Å². The number of carbonyl (C=O) groups excluding carboxylic acids is 2. The molecule has 0 aliphatic carbocycles. The van der Waals surface area contributed by atoms with Crippen LogP contribution in [0.2, 0.25) is 0 Å². The fraction of sp³-hybridized carbons (Fsp3) is 0.750. The van der Waals surface area contributed by atoms with Crippen molar-refractivity contribution >= 4 is 11.9 Å². The monoisotopic (exact) mass is 189 g/mol. The fourth-order valence-electron chi connectivity index (χ4n) is 0.608. The van der Waals surface area contributed by atoms with Crippen LogP contribution in [0.1, 0.15) is 13.8 Å². The van der Waals surface area contributed by atoms with Gasteiger partial charge in [0.1, 0.15) is 6.04 Å². The molecule has 0 amide bonds. The van der Waals surface area contributed by atoms with Crippen LogP contribution in [0.4, 0.5) is 0 Å². The summed E-state index contributed by atoms with van der Waals surface area (Å²) in [6.07, 6.45) is -0.853. The molecule has 0 radical (unpaired) electrons. The highest BCUT2D eigenvalue weighted by Crippen LogP contribution is 1.96. The molecule has 76 valence electrons. The molecule has 0 saturated carbocycles. The van der Waals surface area contributed by atoms with Crippen LogP contribution < -0.4 is 5.32 Å². The van der Waals surface area contributed by atoms with E-state index in [0.29, 0.717) is 0 Å². The molecule has 5 heteroatoms. The number of nitrogens with one attached hydrogen (secondary N) is 1.